The molecule has 0 unspecified atom stereocenters. The zero-order valence-electron chi connectivity index (χ0n) is 15.3. The van der Waals surface area contributed by atoms with Crippen LogP contribution in [0.25, 0.3) is 0 Å². The van der Waals surface area contributed by atoms with E-state index >= 15 is 0 Å². The third-order valence-corrected chi connectivity index (χ3v) is 5.27. The Balaban J connectivity index is 1.49. The van der Waals surface area contributed by atoms with Gasteiger partial charge in [0.1, 0.15) is 5.82 Å². The molecule has 0 saturated carbocycles. The van der Waals surface area contributed by atoms with Crippen molar-refractivity contribution in [2.75, 3.05) is 13.1 Å². The molecule has 1 N–H and O–H groups in total. The molecule has 1 fully saturated rings. The summed E-state index contributed by atoms with van der Waals surface area (Å²) in [4.78, 5) is 14.7. The van der Waals surface area contributed by atoms with Crippen LogP contribution >= 0.6 is 11.6 Å². The number of likely N-dealkylation sites (tertiary alicyclic amines) is 1. The third kappa shape index (κ3) is 5.37. The Morgan fingerprint density at radius 1 is 1.19 bits per heavy atom. The van der Waals surface area contributed by atoms with Crippen LogP contribution in [0.5, 0.6) is 0 Å². The molecule has 27 heavy (non-hydrogen) atoms. The van der Waals surface area contributed by atoms with Gasteiger partial charge in [-0.15, -0.1) is 0 Å². The summed E-state index contributed by atoms with van der Waals surface area (Å²) in [6.45, 7) is 4.30. The first kappa shape index (κ1) is 19.5. The molecule has 1 heterocycles. The lowest BCUT2D eigenvalue weighted by Crippen LogP contribution is -2.39. The minimum Gasteiger partial charge on any atom is -0.299 e. The van der Waals surface area contributed by atoms with Crippen molar-refractivity contribution >= 4 is 23.2 Å². The summed E-state index contributed by atoms with van der Waals surface area (Å²) in [5.41, 5.74) is 5.20. The molecule has 0 bridgehead atoms. The number of rotatable bonds is 5. The van der Waals surface area contributed by atoms with E-state index in [1.165, 1.54) is 12.1 Å². The summed E-state index contributed by atoms with van der Waals surface area (Å²) in [6.07, 6.45) is 1.59. The monoisotopic (exact) mass is 387 g/mol. The van der Waals surface area contributed by atoms with Gasteiger partial charge in [-0.05, 0) is 62.2 Å². The van der Waals surface area contributed by atoms with Crippen LogP contribution in [0.4, 0.5) is 4.39 Å². The average molecular weight is 388 g/mol. The normalized spacial score (nSPS) is 16.3. The standard InChI is InChI=1S/C21H23ClFN3O/c1-15(16-6-8-19(23)9-7-16)24-25-21(27)17-10-12-26(13-11-17)14-18-4-2-3-5-20(18)22/h2-9,17H,10-14H2,1H3,(H,25,27)/b24-15+. The van der Waals surface area contributed by atoms with Crippen molar-refractivity contribution < 1.29 is 9.18 Å². The Morgan fingerprint density at radius 2 is 1.85 bits per heavy atom. The first-order valence-electron chi connectivity index (χ1n) is 9.09. The number of carbonyl (C=O) groups is 1. The van der Waals surface area contributed by atoms with Gasteiger partial charge in [0.15, 0.2) is 0 Å². The fraction of sp³-hybridized carbons (Fsp3) is 0.333. The molecule has 1 amide bonds. The van der Waals surface area contributed by atoms with Crippen molar-refractivity contribution in [1.29, 1.82) is 0 Å². The second kappa shape index (κ2) is 9.11. The van der Waals surface area contributed by atoms with Crippen LogP contribution < -0.4 is 5.43 Å². The van der Waals surface area contributed by atoms with Gasteiger partial charge < -0.3 is 0 Å². The largest absolute Gasteiger partial charge is 0.299 e. The molecule has 142 valence electrons. The smallest absolute Gasteiger partial charge is 0.243 e. The van der Waals surface area contributed by atoms with Crippen LogP contribution in [0.3, 0.4) is 0 Å². The topological polar surface area (TPSA) is 44.7 Å². The van der Waals surface area contributed by atoms with E-state index < -0.39 is 0 Å². The Hall–Kier alpha value is -2.24. The molecule has 1 aliphatic rings. The Kier molecular flexibility index (Phi) is 6.58. The van der Waals surface area contributed by atoms with Crippen LogP contribution in [0.1, 0.15) is 30.9 Å². The number of hydrogen-bond acceptors (Lipinski definition) is 3. The number of nitrogens with one attached hydrogen (secondary N) is 1. The van der Waals surface area contributed by atoms with Crippen molar-refractivity contribution in [1.82, 2.24) is 10.3 Å². The number of amides is 1. The molecule has 3 rings (SSSR count). The third-order valence-electron chi connectivity index (χ3n) is 4.91. The van der Waals surface area contributed by atoms with Crippen molar-refractivity contribution in [3.05, 3.63) is 70.5 Å². The number of piperidine rings is 1. The van der Waals surface area contributed by atoms with Crippen LogP contribution in [0, 0.1) is 11.7 Å². The number of carbonyl (C=O) groups excluding carboxylic acids is 1. The second-order valence-corrected chi connectivity index (χ2v) is 7.23. The van der Waals surface area contributed by atoms with Gasteiger partial charge >= 0.3 is 0 Å². The van der Waals surface area contributed by atoms with Gasteiger partial charge in [0.2, 0.25) is 5.91 Å². The summed E-state index contributed by atoms with van der Waals surface area (Å²) in [5, 5.41) is 4.94. The van der Waals surface area contributed by atoms with E-state index in [0.29, 0.717) is 5.71 Å². The van der Waals surface area contributed by atoms with E-state index in [9.17, 15) is 9.18 Å². The minimum absolute atomic E-state index is 0.0442. The molecule has 0 atom stereocenters. The van der Waals surface area contributed by atoms with E-state index in [4.69, 9.17) is 11.6 Å². The van der Waals surface area contributed by atoms with Gasteiger partial charge in [0, 0.05) is 17.5 Å². The lowest BCUT2D eigenvalue weighted by Gasteiger charge is -2.31. The van der Waals surface area contributed by atoms with E-state index in [-0.39, 0.29) is 17.6 Å². The van der Waals surface area contributed by atoms with E-state index in [2.05, 4.69) is 15.4 Å². The van der Waals surface area contributed by atoms with E-state index in [1.807, 2.05) is 24.3 Å². The quantitative estimate of drug-likeness (QED) is 0.616. The lowest BCUT2D eigenvalue weighted by atomic mass is 9.96. The first-order chi connectivity index (χ1) is 13.0. The van der Waals surface area contributed by atoms with Crippen molar-refractivity contribution in [3.63, 3.8) is 0 Å². The van der Waals surface area contributed by atoms with Crippen molar-refractivity contribution in [3.8, 4) is 0 Å². The summed E-state index contributed by atoms with van der Waals surface area (Å²) < 4.78 is 13.0. The maximum atomic E-state index is 13.0. The van der Waals surface area contributed by atoms with Crippen molar-refractivity contribution in [2.24, 2.45) is 11.0 Å². The predicted octanol–water partition coefficient (Wildman–Crippen LogP) is 4.23. The summed E-state index contributed by atoms with van der Waals surface area (Å²) in [7, 11) is 0. The number of nitrogens with zero attached hydrogens (tertiary/aromatic N) is 2. The van der Waals surface area contributed by atoms with Gasteiger partial charge in [-0.25, -0.2) is 9.82 Å². The Bertz CT molecular complexity index is 814. The van der Waals surface area contributed by atoms with E-state index in [1.54, 1.807) is 19.1 Å². The molecule has 1 aliphatic heterocycles. The number of hydrazone groups is 1. The molecular weight excluding hydrogens is 365 g/mol. The average Bonchev–Trinajstić information content (AvgIpc) is 2.69. The van der Waals surface area contributed by atoms with Gasteiger partial charge in [0.05, 0.1) is 5.71 Å². The molecule has 0 aliphatic carbocycles. The molecule has 0 aromatic heterocycles. The van der Waals surface area contributed by atoms with Gasteiger partial charge in [-0.1, -0.05) is 41.9 Å². The highest BCUT2D eigenvalue weighted by molar-refractivity contribution is 6.31. The van der Waals surface area contributed by atoms with Crippen LogP contribution in [0.15, 0.2) is 53.6 Å². The number of halogens is 2. The zero-order valence-corrected chi connectivity index (χ0v) is 16.0. The molecule has 0 spiro atoms. The molecule has 2 aromatic carbocycles. The SMILES string of the molecule is C/C(=N\NC(=O)C1CCN(Cc2ccccc2Cl)CC1)c1ccc(F)cc1. The summed E-state index contributed by atoms with van der Waals surface area (Å²) in [6, 6.07) is 13.9. The maximum absolute atomic E-state index is 13.0. The zero-order chi connectivity index (χ0) is 19.2. The van der Waals surface area contributed by atoms with E-state index in [0.717, 1.165) is 48.6 Å². The second-order valence-electron chi connectivity index (χ2n) is 6.82. The fourth-order valence-corrected chi connectivity index (χ4v) is 3.40. The summed E-state index contributed by atoms with van der Waals surface area (Å²) >= 11 is 6.23. The Labute approximate surface area is 164 Å². The van der Waals surface area contributed by atoms with Gasteiger partial charge in [-0.2, -0.15) is 5.10 Å². The minimum atomic E-state index is -0.292. The maximum Gasteiger partial charge on any atom is 0.243 e. The highest BCUT2D eigenvalue weighted by Gasteiger charge is 2.25. The molecule has 1 saturated heterocycles. The van der Waals surface area contributed by atoms with Gasteiger partial charge in [0.25, 0.3) is 0 Å². The highest BCUT2D eigenvalue weighted by Crippen LogP contribution is 2.22. The van der Waals surface area contributed by atoms with Crippen molar-refractivity contribution in [2.45, 2.75) is 26.3 Å². The fourth-order valence-electron chi connectivity index (χ4n) is 3.21. The summed E-state index contributed by atoms with van der Waals surface area (Å²) in [5.74, 6) is -0.398. The molecule has 2 aromatic rings. The number of hydrogen-bond donors (Lipinski definition) is 1. The molecule has 4 nitrogen and oxygen atoms in total. The lowest BCUT2D eigenvalue weighted by molar-refractivity contribution is -0.126. The van der Waals surface area contributed by atoms with Gasteiger partial charge in [-0.3, -0.25) is 9.69 Å². The van der Waals surface area contributed by atoms with Crippen LogP contribution in [0.2, 0.25) is 5.02 Å². The molecular formula is C21H23ClFN3O. The highest BCUT2D eigenvalue weighted by atomic mass is 35.5. The Morgan fingerprint density at radius 3 is 2.52 bits per heavy atom. The van der Waals surface area contributed by atoms with Crippen LogP contribution in [-0.2, 0) is 11.3 Å². The molecule has 0 radical (unpaired) electrons. The van der Waals surface area contributed by atoms with Crippen LogP contribution in [-0.4, -0.2) is 29.6 Å². The molecule has 6 heteroatoms. The predicted molar refractivity (Wildman–Crippen MR) is 106 cm³/mol. The number of benzene rings is 2. The first-order valence-corrected chi connectivity index (χ1v) is 9.46.